The van der Waals surface area contributed by atoms with E-state index < -0.39 is 16.7 Å². The lowest BCUT2D eigenvalue weighted by molar-refractivity contribution is -0.385. The van der Waals surface area contributed by atoms with Gasteiger partial charge in [-0.05, 0) is 24.1 Å². The summed E-state index contributed by atoms with van der Waals surface area (Å²) in [5.74, 6) is -1.78. The molecule has 0 saturated heterocycles. The Morgan fingerprint density at radius 1 is 1.24 bits per heavy atom. The zero-order valence-corrected chi connectivity index (χ0v) is 14.0. The van der Waals surface area contributed by atoms with Gasteiger partial charge in [0.2, 0.25) is 0 Å². The number of aryl methyl sites for hydroxylation is 1. The van der Waals surface area contributed by atoms with E-state index in [9.17, 15) is 19.7 Å². The van der Waals surface area contributed by atoms with Gasteiger partial charge >= 0.3 is 11.8 Å². The first kappa shape index (κ1) is 18.3. The van der Waals surface area contributed by atoms with Gasteiger partial charge < -0.3 is 10.6 Å². The van der Waals surface area contributed by atoms with Crippen molar-refractivity contribution in [3.8, 4) is 0 Å². The molecule has 2 rings (SSSR count). The summed E-state index contributed by atoms with van der Waals surface area (Å²) < 4.78 is 0. The van der Waals surface area contributed by atoms with E-state index in [-0.39, 0.29) is 17.9 Å². The Labute approximate surface area is 148 Å². The molecule has 0 atom stereocenters. The Balaban J connectivity index is 1.98. The molecule has 0 aliphatic rings. The average molecular weight is 363 g/mol. The van der Waals surface area contributed by atoms with Gasteiger partial charge in [0, 0.05) is 30.1 Å². The fraction of sp³-hybridized carbons (Fsp3) is 0.188. The van der Waals surface area contributed by atoms with Crippen molar-refractivity contribution in [3.05, 3.63) is 62.9 Å². The molecule has 1 aromatic carbocycles. The minimum atomic E-state index is -0.916. The molecule has 0 aliphatic heterocycles. The molecular weight excluding hydrogens is 348 g/mol. The smallest absolute Gasteiger partial charge is 0.313 e. The van der Waals surface area contributed by atoms with E-state index in [1.165, 1.54) is 18.3 Å². The standard InChI is InChI=1S/C16H15ClN4O4/c1-2-11-4-5-12(7-13(11)21(24)25)20-16(23)15(22)19-9-10-3-6-14(17)18-8-10/h3-8H,2,9H2,1H3,(H,19,22)(H,20,23). The minimum absolute atomic E-state index is 0.103. The molecule has 0 aliphatic carbocycles. The zero-order valence-electron chi connectivity index (χ0n) is 13.3. The number of carbonyl (C=O) groups excluding carboxylic acids is 2. The number of halogens is 1. The number of benzene rings is 1. The molecule has 1 aromatic heterocycles. The Bertz CT molecular complexity index is 808. The van der Waals surface area contributed by atoms with E-state index in [1.54, 1.807) is 25.1 Å². The van der Waals surface area contributed by atoms with Crippen LogP contribution in [0.4, 0.5) is 11.4 Å². The summed E-state index contributed by atoms with van der Waals surface area (Å²) in [4.78, 5) is 38.1. The van der Waals surface area contributed by atoms with Gasteiger partial charge in [-0.1, -0.05) is 30.7 Å². The number of rotatable bonds is 5. The monoisotopic (exact) mass is 362 g/mol. The maximum Gasteiger partial charge on any atom is 0.313 e. The number of amides is 2. The summed E-state index contributed by atoms with van der Waals surface area (Å²) in [6.45, 7) is 1.89. The highest BCUT2D eigenvalue weighted by molar-refractivity contribution is 6.39. The summed E-state index contributed by atoms with van der Waals surface area (Å²) in [5, 5.41) is 16.1. The summed E-state index contributed by atoms with van der Waals surface area (Å²) >= 11 is 5.66. The first-order valence-corrected chi connectivity index (χ1v) is 7.75. The maximum atomic E-state index is 11.9. The number of hydrogen-bond acceptors (Lipinski definition) is 5. The van der Waals surface area contributed by atoms with Gasteiger partial charge in [-0.25, -0.2) is 4.98 Å². The Morgan fingerprint density at radius 3 is 2.60 bits per heavy atom. The predicted octanol–water partition coefficient (Wildman–Crippen LogP) is 2.46. The van der Waals surface area contributed by atoms with Crippen molar-refractivity contribution in [2.75, 3.05) is 5.32 Å². The summed E-state index contributed by atoms with van der Waals surface area (Å²) in [7, 11) is 0. The third-order valence-electron chi connectivity index (χ3n) is 3.37. The molecule has 25 heavy (non-hydrogen) atoms. The molecule has 0 fully saturated rings. The molecule has 0 radical (unpaired) electrons. The fourth-order valence-corrected chi connectivity index (χ4v) is 2.18. The van der Waals surface area contributed by atoms with Crippen molar-refractivity contribution in [3.63, 3.8) is 0 Å². The Morgan fingerprint density at radius 2 is 2.00 bits per heavy atom. The van der Waals surface area contributed by atoms with Crippen LogP contribution in [0.25, 0.3) is 0 Å². The predicted molar refractivity (Wildman–Crippen MR) is 92.2 cm³/mol. The van der Waals surface area contributed by atoms with Gasteiger partial charge in [0.25, 0.3) is 5.69 Å². The summed E-state index contributed by atoms with van der Waals surface area (Å²) in [6, 6.07) is 7.52. The summed E-state index contributed by atoms with van der Waals surface area (Å²) in [6.07, 6.45) is 1.97. The maximum absolute atomic E-state index is 11.9. The number of nitro groups is 1. The van der Waals surface area contributed by atoms with Crippen molar-refractivity contribution in [1.29, 1.82) is 0 Å². The van der Waals surface area contributed by atoms with Crippen LogP contribution in [0.15, 0.2) is 36.5 Å². The van der Waals surface area contributed by atoms with Crippen molar-refractivity contribution in [2.45, 2.75) is 19.9 Å². The van der Waals surface area contributed by atoms with Crippen LogP contribution in [0.3, 0.4) is 0 Å². The third-order valence-corrected chi connectivity index (χ3v) is 3.59. The average Bonchev–Trinajstić information content (AvgIpc) is 2.60. The topological polar surface area (TPSA) is 114 Å². The lowest BCUT2D eigenvalue weighted by Crippen LogP contribution is -2.35. The van der Waals surface area contributed by atoms with Crippen LogP contribution in [-0.4, -0.2) is 21.7 Å². The lowest BCUT2D eigenvalue weighted by atomic mass is 10.1. The highest BCUT2D eigenvalue weighted by Crippen LogP contribution is 2.23. The largest absolute Gasteiger partial charge is 0.344 e. The molecule has 0 unspecified atom stereocenters. The lowest BCUT2D eigenvalue weighted by Gasteiger charge is -2.08. The number of nitrogens with one attached hydrogen (secondary N) is 2. The van der Waals surface area contributed by atoms with E-state index in [1.807, 2.05) is 0 Å². The minimum Gasteiger partial charge on any atom is -0.344 e. The van der Waals surface area contributed by atoms with Gasteiger partial charge in [-0.3, -0.25) is 19.7 Å². The van der Waals surface area contributed by atoms with Gasteiger partial charge in [0.1, 0.15) is 5.15 Å². The van der Waals surface area contributed by atoms with E-state index in [0.29, 0.717) is 22.7 Å². The fourth-order valence-electron chi connectivity index (χ4n) is 2.07. The zero-order chi connectivity index (χ0) is 18.4. The van der Waals surface area contributed by atoms with Crippen molar-refractivity contribution in [2.24, 2.45) is 0 Å². The number of hydrogen-bond donors (Lipinski definition) is 2. The van der Waals surface area contributed by atoms with Crippen LogP contribution in [0.1, 0.15) is 18.1 Å². The Hall–Kier alpha value is -3.00. The van der Waals surface area contributed by atoms with Crippen LogP contribution < -0.4 is 10.6 Å². The molecule has 2 N–H and O–H groups in total. The van der Waals surface area contributed by atoms with Crippen LogP contribution in [0, 0.1) is 10.1 Å². The van der Waals surface area contributed by atoms with Crippen LogP contribution in [0.2, 0.25) is 5.15 Å². The van der Waals surface area contributed by atoms with E-state index in [4.69, 9.17) is 11.6 Å². The number of aromatic nitrogens is 1. The van der Waals surface area contributed by atoms with Crippen molar-refractivity contribution in [1.82, 2.24) is 10.3 Å². The van der Waals surface area contributed by atoms with Crippen LogP contribution in [-0.2, 0) is 22.6 Å². The summed E-state index contributed by atoms with van der Waals surface area (Å²) in [5.41, 5.74) is 1.29. The third kappa shape index (κ3) is 4.98. The molecule has 1 heterocycles. The van der Waals surface area contributed by atoms with Crippen molar-refractivity contribution < 1.29 is 14.5 Å². The van der Waals surface area contributed by atoms with E-state index in [0.717, 1.165) is 0 Å². The molecule has 0 spiro atoms. The number of pyridine rings is 1. The molecule has 0 bridgehead atoms. The van der Waals surface area contributed by atoms with E-state index in [2.05, 4.69) is 15.6 Å². The molecule has 130 valence electrons. The van der Waals surface area contributed by atoms with Gasteiger partial charge in [0.15, 0.2) is 0 Å². The van der Waals surface area contributed by atoms with Gasteiger partial charge in [0.05, 0.1) is 4.92 Å². The van der Waals surface area contributed by atoms with Crippen LogP contribution in [0.5, 0.6) is 0 Å². The highest BCUT2D eigenvalue weighted by Gasteiger charge is 2.17. The molecule has 8 nitrogen and oxygen atoms in total. The molecule has 0 saturated carbocycles. The highest BCUT2D eigenvalue weighted by atomic mass is 35.5. The number of nitro benzene ring substituents is 1. The first-order valence-electron chi connectivity index (χ1n) is 7.37. The number of carbonyl (C=O) groups is 2. The normalized spacial score (nSPS) is 10.2. The van der Waals surface area contributed by atoms with Crippen molar-refractivity contribution >= 4 is 34.8 Å². The van der Waals surface area contributed by atoms with Gasteiger partial charge in [-0.2, -0.15) is 0 Å². The number of anilines is 1. The Kier molecular flexibility index (Phi) is 6.02. The second kappa shape index (κ2) is 8.20. The second-order valence-corrected chi connectivity index (χ2v) is 5.47. The number of nitrogens with zero attached hydrogens (tertiary/aromatic N) is 2. The van der Waals surface area contributed by atoms with E-state index >= 15 is 0 Å². The molecule has 2 aromatic rings. The van der Waals surface area contributed by atoms with Gasteiger partial charge in [-0.15, -0.1) is 0 Å². The van der Waals surface area contributed by atoms with Crippen LogP contribution >= 0.6 is 11.6 Å². The quantitative estimate of drug-likeness (QED) is 0.367. The molecule has 2 amide bonds. The SMILES string of the molecule is CCc1ccc(NC(=O)C(=O)NCc2ccc(Cl)nc2)cc1[N+](=O)[O-]. The first-order chi connectivity index (χ1) is 11.9. The molecule has 9 heteroatoms. The second-order valence-electron chi connectivity index (χ2n) is 5.08. The molecular formula is C16H15ClN4O4.